The monoisotopic (exact) mass is 202 g/mol. The summed E-state index contributed by atoms with van der Waals surface area (Å²) in [5.74, 6) is -4.98. The third-order valence-corrected chi connectivity index (χ3v) is 1.64. The third-order valence-electron chi connectivity index (χ3n) is 1.64. The van der Waals surface area contributed by atoms with Gasteiger partial charge in [-0.05, 0) is 6.92 Å². The van der Waals surface area contributed by atoms with Gasteiger partial charge in [-0.15, -0.1) is 0 Å². The van der Waals surface area contributed by atoms with Gasteiger partial charge in [0.25, 0.3) is 0 Å². The van der Waals surface area contributed by atoms with Crippen molar-refractivity contribution in [1.29, 1.82) is 0 Å². The maximum absolute atomic E-state index is 11.1. The molecular formula is C7H10N2O5. The Morgan fingerprint density at radius 2 is 2.21 bits per heavy atom. The van der Waals surface area contributed by atoms with Crippen molar-refractivity contribution in [2.45, 2.75) is 12.7 Å². The number of hydrogen-bond acceptors (Lipinski definition) is 6. The zero-order valence-electron chi connectivity index (χ0n) is 7.72. The Hall–Kier alpha value is -1.47. The van der Waals surface area contributed by atoms with Gasteiger partial charge in [-0.3, -0.25) is 4.79 Å². The van der Waals surface area contributed by atoms with Crippen molar-refractivity contribution in [3.63, 3.8) is 0 Å². The van der Waals surface area contributed by atoms with Gasteiger partial charge in [-0.25, -0.2) is 9.80 Å². The minimum Gasteiger partial charge on any atom is -0.461 e. The molecule has 0 bridgehead atoms. The fraction of sp³-hybridized carbons (Fsp3) is 0.571. The highest BCUT2D eigenvalue weighted by atomic mass is 16.6. The SMILES string of the molecule is CCOC(=O)C1=NN(C)C(=O)C1(O)O. The van der Waals surface area contributed by atoms with Crippen LogP contribution in [0.5, 0.6) is 0 Å². The Labute approximate surface area is 79.6 Å². The largest absolute Gasteiger partial charge is 0.461 e. The van der Waals surface area contributed by atoms with Gasteiger partial charge in [0.2, 0.25) is 5.71 Å². The molecule has 7 nitrogen and oxygen atoms in total. The molecule has 0 saturated heterocycles. The first kappa shape index (κ1) is 10.6. The van der Waals surface area contributed by atoms with E-state index in [1.807, 2.05) is 0 Å². The van der Waals surface area contributed by atoms with E-state index in [-0.39, 0.29) is 6.61 Å². The van der Waals surface area contributed by atoms with Gasteiger partial charge in [-0.2, -0.15) is 5.10 Å². The summed E-state index contributed by atoms with van der Waals surface area (Å²) in [4.78, 5) is 22.1. The Bertz CT molecular complexity index is 309. The van der Waals surface area contributed by atoms with Crippen molar-refractivity contribution in [2.24, 2.45) is 5.10 Å². The molecule has 0 unspecified atom stereocenters. The zero-order chi connectivity index (χ0) is 10.9. The van der Waals surface area contributed by atoms with E-state index >= 15 is 0 Å². The number of amides is 1. The van der Waals surface area contributed by atoms with Crippen LogP contribution in [0, 0.1) is 0 Å². The molecule has 1 heterocycles. The molecule has 0 atom stereocenters. The van der Waals surface area contributed by atoms with Gasteiger partial charge in [0, 0.05) is 7.05 Å². The molecule has 1 aliphatic rings. The first-order chi connectivity index (χ1) is 6.41. The summed E-state index contributed by atoms with van der Waals surface area (Å²) in [6.07, 6.45) is 0. The number of ether oxygens (including phenoxy) is 1. The van der Waals surface area contributed by atoms with Crippen LogP contribution in [-0.2, 0) is 14.3 Å². The first-order valence-corrected chi connectivity index (χ1v) is 3.90. The number of likely N-dealkylation sites (N-methyl/N-ethyl adjacent to an activating group) is 1. The molecule has 7 heteroatoms. The van der Waals surface area contributed by atoms with E-state index in [0.717, 1.165) is 0 Å². The van der Waals surface area contributed by atoms with Crippen LogP contribution in [0.25, 0.3) is 0 Å². The summed E-state index contributed by atoms with van der Waals surface area (Å²) in [6.45, 7) is 1.61. The van der Waals surface area contributed by atoms with Gasteiger partial charge in [0.1, 0.15) is 0 Å². The van der Waals surface area contributed by atoms with Gasteiger partial charge in [0.05, 0.1) is 6.61 Å². The number of carbonyl (C=O) groups is 2. The van der Waals surface area contributed by atoms with Crippen molar-refractivity contribution in [3.8, 4) is 0 Å². The first-order valence-electron chi connectivity index (χ1n) is 3.90. The smallest absolute Gasteiger partial charge is 0.360 e. The van der Waals surface area contributed by atoms with E-state index in [1.165, 1.54) is 7.05 Å². The zero-order valence-corrected chi connectivity index (χ0v) is 7.72. The standard InChI is InChI=1S/C7H10N2O5/c1-3-14-5(10)4-7(12,13)6(11)9(2)8-4/h12-13H,3H2,1-2H3. The van der Waals surface area contributed by atoms with Gasteiger partial charge in [-0.1, -0.05) is 0 Å². The molecule has 0 aliphatic carbocycles. The molecule has 1 rings (SSSR count). The van der Waals surface area contributed by atoms with E-state index in [9.17, 15) is 19.8 Å². The fourth-order valence-electron chi connectivity index (χ4n) is 0.975. The van der Waals surface area contributed by atoms with Crippen LogP contribution in [0.3, 0.4) is 0 Å². The quantitative estimate of drug-likeness (QED) is 0.401. The minimum atomic E-state index is -2.87. The summed E-state index contributed by atoms with van der Waals surface area (Å²) < 4.78 is 4.49. The second-order valence-corrected chi connectivity index (χ2v) is 2.67. The summed E-state index contributed by atoms with van der Waals surface area (Å²) in [7, 11) is 1.20. The predicted octanol–water partition coefficient (Wildman–Crippen LogP) is -1.94. The van der Waals surface area contributed by atoms with E-state index in [0.29, 0.717) is 5.01 Å². The average Bonchev–Trinajstić information content (AvgIpc) is 2.30. The summed E-state index contributed by atoms with van der Waals surface area (Å²) in [5.41, 5.74) is -0.716. The lowest BCUT2D eigenvalue weighted by molar-refractivity contribution is -0.169. The van der Waals surface area contributed by atoms with Crippen LogP contribution >= 0.6 is 0 Å². The molecule has 0 spiro atoms. The van der Waals surface area contributed by atoms with Crippen LogP contribution in [0.4, 0.5) is 0 Å². The van der Waals surface area contributed by atoms with Crippen molar-refractivity contribution in [2.75, 3.05) is 13.7 Å². The molecular weight excluding hydrogens is 192 g/mol. The molecule has 0 aromatic carbocycles. The van der Waals surface area contributed by atoms with E-state index in [1.54, 1.807) is 6.92 Å². The molecule has 1 amide bonds. The number of hydrogen-bond donors (Lipinski definition) is 2. The molecule has 78 valence electrons. The van der Waals surface area contributed by atoms with Crippen molar-refractivity contribution < 1.29 is 24.5 Å². The number of nitrogens with zero attached hydrogens (tertiary/aromatic N) is 2. The molecule has 1 aliphatic heterocycles. The normalized spacial score (nSPS) is 19.6. The Morgan fingerprint density at radius 1 is 1.64 bits per heavy atom. The van der Waals surface area contributed by atoms with Crippen LogP contribution in [0.15, 0.2) is 5.10 Å². The van der Waals surface area contributed by atoms with Crippen LogP contribution in [0.1, 0.15) is 6.92 Å². The lowest BCUT2D eigenvalue weighted by atomic mass is 10.1. The maximum Gasteiger partial charge on any atom is 0.360 e. The minimum absolute atomic E-state index is 0.0613. The number of carbonyl (C=O) groups excluding carboxylic acids is 2. The van der Waals surface area contributed by atoms with Gasteiger partial charge < -0.3 is 14.9 Å². The highest BCUT2D eigenvalue weighted by Crippen LogP contribution is 2.16. The maximum atomic E-state index is 11.1. The van der Waals surface area contributed by atoms with E-state index < -0.39 is 23.4 Å². The number of esters is 1. The lowest BCUT2D eigenvalue weighted by Gasteiger charge is -2.13. The average molecular weight is 202 g/mol. The van der Waals surface area contributed by atoms with E-state index in [2.05, 4.69) is 9.84 Å². The predicted molar refractivity (Wildman–Crippen MR) is 44.0 cm³/mol. The fourth-order valence-corrected chi connectivity index (χ4v) is 0.975. The molecule has 14 heavy (non-hydrogen) atoms. The number of hydrazone groups is 1. The Morgan fingerprint density at radius 3 is 2.57 bits per heavy atom. The van der Waals surface area contributed by atoms with Gasteiger partial charge in [0.15, 0.2) is 0 Å². The van der Waals surface area contributed by atoms with Gasteiger partial charge >= 0.3 is 17.7 Å². The summed E-state index contributed by atoms with van der Waals surface area (Å²) in [5, 5.41) is 22.5. The highest BCUT2D eigenvalue weighted by molar-refractivity contribution is 6.45. The van der Waals surface area contributed by atoms with Crippen molar-refractivity contribution in [1.82, 2.24) is 5.01 Å². The topological polar surface area (TPSA) is 99.4 Å². The van der Waals surface area contributed by atoms with E-state index in [4.69, 9.17) is 0 Å². The molecule has 0 radical (unpaired) electrons. The van der Waals surface area contributed by atoms with Crippen LogP contribution < -0.4 is 0 Å². The summed E-state index contributed by atoms with van der Waals surface area (Å²) >= 11 is 0. The Balaban J connectivity index is 2.94. The molecule has 0 aromatic rings. The number of rotatable bonds is 2. The van der Waals surface area contributed by atoms with Crippen LogP contribution in [-0.4, -0.2) is 52.3 Å². The van der Waals surface area contributed by atoms with Crippen molar-refractivity contribution >= 4 is 17.6 Å². The third kappa shape index (κ3) is 1.47. The molecule has 0 fully saturated rings. The highest BCUT2D eigenvalue weighted by Gasteiger charge is 2.51. The van der Waals surface area contributed by atoms with Crippen LogP contribution in [0.2, 0.25) is 0 Å². The van der Waals surface area contributed by atoms with Crippen molar-refractivity contribution in [3.05, 3.63) is 0 Å². The molecule has 0 aromatic heterocycles. The molecule has 2 N–H and O–H groups in total. The second-order valence-electron chi connectivity index (χ2n) is 2.67. The lowest BCUT2D eigenvalue weighted by Crippen LogP contribution is -2.48. The second kappa shape index (κ2) is 3.35. The molecule has 0 saturated carbocycles. The number of aliphatic hydroxyl groups is 2. The Kier molecular flexibility index (Phi) is 2.54. The summed E-state index contributed by atoms with van der Waals surface area (Å²) in [6, 6.07) is 0.